The number of hydrogen-bond donors (Lipinski definition) is 0. The van der Waals surface area contributed by atoms with Crippen molar-refractivity contribution in [2.24, 2.45) is 0 Å². The molecule has 4 heteroatoms. The molecule has 0 heterocycles. The lowest BCUT2D eigenvalue weighted by Gasteiger charge is -2.30. The summed E-state index contributed by atoms with van der Waals surface area (Å²) in [6.07, 6.45) is 11.1. The molecule has 0 bridgehead atoms. The van der Waals surface area contributed by atoms with Gasteiger partial charge in [0.1, 0.15) is 6.61 Å². The lowest BCUT2D eigenvalue weighted by molar-refractivity contribution is -0.127. The van der Waals surface area contributed by atoms with Crippen molar-refractivity contribution >= 4 is 12.0 Å². The second-order valence-electron chi connectivity index (χ2n) is 6.08. The van der Waals surface area contributed by atoms with E-state index in [1.807, 2.05) is 36.2 Å². The summed E-state index contributed by atoms with van der Waals surface area (Å²) < 4.78 is 10.9. The van der Waals surface area contributed by atoms with Crippen LogP contribution < -0.4 is 9.47 Å². The summed E-state index contributed by atoms with van der Waals surface area (Å²) in [4.78, 5) is 14.2. The number of carbonyl (C=O) groups excluding carboxylic acids is 1. The second-order valence-corrected chi connectivity index (χ2v) is 6.08. The monoisotopic (exact) mass is 329 g/mol. The van der Waals surface area contributed by atoms with Crippen molar-refractivity contribution in [3.63, 3.8) is 0 Å². The lowest BCUT2D eigenvalue weighted by atomic mass is 9.94. The van der Waals surface area contributed by atoms with Crippen LogP contribution >= 0.6 is 0 Å². The average Bonchev–Trinajstić information content (AvgIpc) is 2.64. The van der Waals surface area contributed by atoms with Crippen LogP contribution in [0.1, 0.15) is 37.7 Å². The average molecular weight is 329 g/mol. The summed E-state index contributed by atoms with van der Waals surface area (Å²) in [6.45, 7) is 4.06. The first kappa shape index (κ1) is 18.1. The van der Waals surface area contributed by atoms with E-state index in [-0.39, 0.29) is 5.91 Å². The molecule has 0 radical (unpaired) electrons. The van der Waals surface area contributed by atoms with Crippen molar-refractivity contribution < 1.29 is 14.3 Å². The maximum atomic E-state index is 12.4. The molecule has 1 amide bonds. The first-order valence-corrected chi connectivity index (χ1v) is 8.52. The molecule has 1 fully saturated rings. The molecule has 0 saturated heterocycles. The number of hydrogen-bond acceptors (Lipinski definition) is 3. The largest absolute Gasteiger partial charge is 0.493 e. The Kier molecular flexibility index (Phi) is 6.91. The summed E-state index contributed by atoms with van der Waals surface area (Å²) in [5, 5.41) is 0. The zero-order valence-corrected chi connectivity index (χ0v) is 14.7. The number of benzene rings is 1. The van der Waals surface area contributed by atoms with Gasteiger partial charge in [-0.2, -0.15) is 0 Å². The molecular weight excluding hydrogens is 302 g/mol. The second kappa shape index (κ2) is 9.16. The van der Waals surface area contributed by atoms with Crippen LogP contribution in [-0.2, 0) is 4.79 Å². The Labute approximate surface area is 144 Å². The first-order chi connectivity index (χ1) is 11.7. The van der Waals surface area contributed by atoms with E-state index in [9.17, 15) is 4.79 Å². The molecule has 4 nitrogen and oxygen atoms in total. The van der Waals surface area contributed by atoms with Crippen LogP contribution in [0.5, 0.6) is 11.5 Å². The van der Waals surface area contributed by atoms with Crippen LogP contribution in [0.4, 0.5) is 0 Å². The van der Waals surface area contributed by atoms with E-state index in [0.29, 0.717) is 24.1 Å². The van der Waals surface area contributed by atoms with E-state index < -0.39 is 0 Å². The quantitative estimate of drug-likeness (QED) is 0.559. The summed E-state index contributed by atoms with van der Waals surface area (Å²) in [6, 6.07) is 5.99. The van der Waals surface area contributed by atoms with Crippen LogP contribution in [0.15, 0.2) is 36.9 Å². The van der Waals surface area contributed by atoms with Crippen molar-refractivity contribution in [3.05, 3.63) is 42.5 Å². The van der Waals surface area contributed by atoms with Gasteiger partial charge >= 0.3 is 0 Å². The zero-order chi connectivity index (χ0) is 17.4. The predicted molar refractivity (Wildman–Crippen MR) is 97.4 cm³/mol. The number of methoxy groups -OCH3 is 1. The third kappa shape index (κ3) is 4.88. The van der Waals surface area contributed by atoms with Crippen LogP contribution in [0.2, 0.25) is 0 Å². The highest BCUT2D eigenvalue weighted by atomic mass is 16.5. The van der Waals surface area contributed by atoms with E-state index in [0.717, 1.165) is 18.4 Å². The zero-order valence-electron chi connectivity index (χ0n) is 14.7. The Bertz CT molecular complexity index is 589. The fourth-order valence-corrected chi connectivity index (χ4v) is 2.99. The number of ether oxygens (including phenoxy) is 2. The molecule has 1 aromatic carbocycles. The van der Waals surface area contributed by atoms with E-state index in [2.05, 4.69) is 6.58 Å². The molecule has 0 spiro atoms. The fourth-order valence-electron chi connectivity index (χ4n) is 2.99. The topological polar surface area (TPSA) is 38.8 Å². The molecule has 0 N–H and O–H groups in total. The maximum Gasteiger partial charge on any atom is 0.246 e. The summed E-state index contributed by atoms with van der Waals surface area (Å²) in [5.74, 6) is 1.36. The van der Waals surface area contributed by atoms with Crippen molar-refractivity contribution in [2.45, 2.75) is 38.1 Å². The molecule has 1 aliphatic carbocycles. The lowest BCUT2D eigenvalue weighted by Crippen LogP contribution is -2.37. The van der Waals surface area contributed by atoms with Gasteiger partial charge in [-0.1, -0.05) is 38.0 Å². The highest BCUT2D eigenvalue weighted by Crippen LogP contribution is 2.28. The van der Waals surface area contributed by atoms with Crippen LogP contribution in [0.3, 0.4) is 0 Å². The molecule has 1 aliphatic rings. The van der Waals surface area contributed by atoms with Crippen molar-refractivity contribution in [1.82, 2.24) is 4.90 Å². The summed E-state index contributed by atoms with van der Waals surface area (Å²) in [5.41, 5.74) is 0.906. The Morgan fingerprint density at radius 3 is 2.71 bits per heavy atom. The van der Waals surface area contributed by atoms with Crippen LogP contribution in [0.25, 0.3) is 6.08 Å². The molecular formula is C20H27NO3. The van der Waals surface area contributed by atoms with Gasteiger partial charge in [0.15, 0.2) is 11.5 Å². The Morgan fingerprint density at radius 2 is 2.04 bits per heavy atom. The summed E-state index contributed by atoms with van der Waals surface area (Å²) >= 11 is 0. The molecule has 1 aromatic rings. The van der Waals surface area contributed by atoms with Gasteiger partial charge in [0.05, 0.1) is 7.11 Å². The SMILES string of the molecule is C=CCOc1ccc(/C=C/C(=O)N(C)C2CCCCC2)cc1OC. The minimum atomic E-state index is 0.0489. The predicted octanol–water partition coefficient (Wildman–Crippen LogP) is 4.06. The Morgan fingerprint density at radius 1 is 1.29 bits per heavy atom. The van der Waals surface area contributed by atoms with Gasteiger partial charge in [0, 0.05) is 19.2 Å². The Balaban J connectivity index is 2.01. The third-order valence-electron chi connectivity index (χ3n) is 4.43. The normalized spacial score (nSPS) is 15.2. The van der Waals surface area contributed by atoms with Gasteiger partial charge in [-0.3, -0.25) is 4.79 Å². The molecule has 0 aliphatic heterocycles. The minimum Gasteiger partial charge on any atom is -0.493 e. The van der Waals surface area contributed by atoms with Gasteiger partial charge in [0.2, 0.25) is 5.91 Å². The minimum absolute atomic E-state index is 0.0489. The number of rotatable bonds is 7. The number of amides is 1. The van der Waals surface area contributed by atoms with E-state index in [1.54, 1.807) is 19.3 Å². The van der Waals surface area contributed by atoms with Crippen molar-refractivity contribution in [3.8, 4) is 11.5 Å². The number of likely N-dealkylation sites (N-methyl/N-ethyl adjacent to an activating group) is 1. The number of carbonyl (C=O) groups is 1. The molecule has 24 heavy (non-hydrogen) atoms. The van der Waals surface area contributed by atoms with E-state index in [1.165, 1.54) is 19.3 Å². The van der Waals surface area contributed by atoms with E-state index in [4.69, 9.17) is 9.47 Å². The Hall–Kier alpha value is -2.23. The van der Waals surface area contributed by atoms with Crippen LogP contribution in [0, 0.1) is 0 Å². The molecule has 130 valence electrons. The standard InChI is InChI=1S/C20H27NO3/c1-4-14-24-18-12-10-16(15-19(18)23-3)11-13-20(22)21(2)17-8-6-5-7-9-17/h4,10-13,15,17H,1,5-9,14H2,2-3H3/b13-11+. The van der Waals surface area contributed by atoms with Crippen LogP contribution in [-0.4, -0.2) is 37.6 Å². The van der Waals surface area contributed by atoms with Crippen molar-refractivity contribution in [1.29, 1.82) is 0 Å². The van der Waals surface area contributed by atoms with Gasteiger partial charge in [-0.15, -0.1) is 0 Å². The maximum absolute atomic E-state index is 12.4. The van der Waals surface area contributed by atoms with E-state index >= 15 is 0 Å². The molecule has 2 rings (SSSR count). The van der Waals surface area contributed by atoms with Gasteiger partial charge in [0.25, 0.3) is 0 Å². The highest BCUT2D eigenvalue weighted by Gasteiger charge is 2.20. The van der Waals surface area contributed by atoms with Gasteiger partial charge < -0.3 is 14.4 Å². The highest BCUT2D eigenvalue weighted by molar-refractivity contribution is 5.91. The molecule has 1 saturated carbocycles. The fraction of sp³-hybridized carbons (Fsp3) is 0.450. The number of nitrogens with zero attached hydrogens (tertiary/aromatic N) is 1. The molecule has 0 unspecified atom stereocenters. The van der Waals surface area contributed by atoms with Crippen molar-refractivity contribution in [2.75, 3.05) is 20.8 Å². The molecule has 0 atom stereocenters. The molecule has 0 aromatic heterocycles. The summed E-state index contributed by atoms with van der Waals surface area (Å²) in [7, 11) is 3.50. The first-order valence-electron chi connectivity index (χ1n) is 8.52. The van der Waals surface area contributed by atoms with Gasteiger partial charge in [-0.05, 0) is 36.6 Å². The van der Waals surface area contributed by atoms with Gasteiger partial charge in [-0.25, -0.2) is 0 Å². The smallest absolute Gasteiger partial charge is 0.246 e. The third-order valence-corrected chi connectivity index (χ3v) is 4.43.